The van der Waals surface area contributed by atoms with Gasteiger partial charge in [0.25, 0.3) is 0 Å². The van der Waals surface area contributed by atoms with E-state index in [1.807, 2.05) is 0 Å². The average Bonchev–Trinajstić information content (AvgIpc) is 2.35. The van der Waals surface area contributed by atoms with Crippen LogP contribution in [0.2, 0.25) is 0 Å². The van der Waals surface area contributed by atoms with Crippen LogP contribution < -0.4 is 0 Å². The molecule has 0 atom stereocenters. The van der Waals surface area contributed by atoms with Gasteiger partial charge in [0.15, 0.2) is 0 Å². The highest BCUT2D eigenvalue weighted by Gasteiger charge is 2.03. The average molecular weight is 281 g/mol. The molecule has 0 aliphatic heterocycles. The van der Waals surface area contributed by atoms with Crippen molar-refractivity contribution in [2.45, 2.75) is 60.3 Å². The van der Waals surface area contributed by atoms with Crippen LogP contribution in [0.25, 0.3) is 0 Å². The van der Waals surface area contributed by atoms with Gasteiger partial charge >= 0.3 is 0 Å². The molecule has 2 nitrogen and oxygen atoms in total. The topological polar surface area (TPSA) is 23.5 Å². The molecule has 0 aliphatic carbocycles. The van der Waals surface area contributed by atoms with E-state index in [2.05, 4.69) is 51.7 Å². The Morgan fingerprint density at radius 2 is 1.80 bits per heavy atom. The molecule has 0 saturated carbocycles. The van der Waals surface area contributed by atoms with E-state index in [9.17, 15) is 0 Å². The molecule has 0 unspecified atom stereocenters. The lowest BCUT2D eigenvalue weighted by atomic mass is 10.1. The summed E-state index contributed by atoms with van der Waals surface area (Å²) in [6.45, 7) is 14.2. The smallest absolute Gasteiger partial charge is 0.0558 e. The van der Waals surface area contributed by atoms with Crippen molar-refractivity contribution in [3.63, 3.8) is 0 Å². The van der Waals surface area contributed by atoms with E-state index >= 15 is 0 Å². The highest BCUT2D eigenvalue weighted by molar-refractivity contribution is 5.03. The Kier molecular flexibility index (Phi) is 11.8. The maximum atomic E-state index is 9.14. The molecule has 20 heavy (non-hydrogen) atoms. The minimum Gasteiger partial charge on any atom is -0.395 e. The highest BCUT2D eigenvalue weighted by Crippen LogP contribution is 2.08. The van der Waals surface area contributed by atoms with E-state index in [4.69, 9.17) is 5.11 Å². The van der Waals surface area contributed by atoms with E-state index in [0.29, 0.717) is 0 Å². The Labute approximate surface area is 126 Å². The second kappa shape index (κ2) is 12.2. The van der Waals surface area contributed by atoms with E-state index in [-0.39, 0.29) is 6.61 Å². The lowest BCUT2D eigenvalue weighted by molar-refractivity contribution is 0.204. The minimum absolute atomic E-state index is 0.256. The van der Waals surface area contributed by atoms with Crippen molar-refractivity contribution in [2.75, 3.05) is 26.2 Å². The zero-order valence-corrected chi connectivity index (χ0v) is 14.3. The summed E-state index contributed by atoms with van der Waals surface area (Å²) < 4.78 is 0. The maximum absolute atomic E-state index is 9.14. The van der Waals surface area contributed by atoms with Gasteiger partial charge in [-0.05, 0) is 58.9 Å². The van der Waals surface area contributed by atoms with Crippen molar-refractivity contribution < 1.29 is 5.11 Å². The molecule has 0 rings (SSSR count). The lowest BCUT2D eigenvalue weighted by Gasteiger charge is -2.20. The van der Waals surface area contributed by atoms with Crippen LogP contribution in [0, 0.1) is 5.92 Å². The molecule has 2 heteroatoms. The van der Waals surface area contributed by atoms with E-state index < -0.39 is 0 Å². The summed E-state index contributed by atoms with van der Waals surface area (Å²) >= 11 is 0. The summed E-state index contributed by atoms with van der Waals surface area (Å²) in [5, 5.41) is 9.14. The Morgan fingerprint density at radius 3 is 2.35 bits per heavy atom. The number of allylic oxidation sites excluding steroid dienone is 3. The molecule has 0 aromatic rings. The molecule has 0 fully saturated rings. The van der Waals surface area contributed by atoms with Gasteiger partial charge in [-0.2, -0.15) is 0 Å². The summed E-state index contributed by atoms with van der Waals surface area (Å²) in [4.78, 5) is 2.35. The normalized spacial score (nSPS) is 12.3. The summed E-state index contributed by atoms with van der Waals surface area (Å²) in [6.07, 6.45) is 9.39. The molecule has 118 valence electrons. The molecule has 0 aliphatic rings. The molecule has 0 aromatic carbocycles. The summed E-state index contributed by atoms with van der Waals surface area (Å²) in [5.74, 6) is 0.771. The quantitative estimate of drug-likeness (QED) is 0.567. The number of nitrogens with zero attached hydrogens (tertiary/aromatic N) is 1. The van der Waals surface area contributed by atoms with Crippen LogP contribution in [0.15, 0.2) is 23.3 Å². The van der Waals surface area contributed by atoms with Crippen molar-refractivity contribution in [3.05, 3.63) is 23.3 Å². The first kappa shape index (κ1) is 19.4. The Bertz CT molecular complexity index is 288. The Balaban J connectivity index is 4.06. The van der Waals surface area contributed by atoms with Gasteiger partial charge in [-0.25, -0.2) is 0 Å². The van der Waals surface area contributed by atoms with Gasteiger partial charge in [-0.15, -0.1) is 0 Å². The largest absolute Gasteiger partial charge is 0.395 e. The fourth-order valence-electron chi connectivity index (χ4n) is 2.13. The first-order valence-corrected chi connectivity index (χ1v) is 8.08. The fraction of sp³-hybridized carbons (Fsp3) is 0.778. The third-order valence-electron chi connectivity index (χ3n) is 3.46. The third kappa shape index (κ3) is 12.4. The van der Waals surface area contributed by atoms with Crippen LogP contribution in [0.1, 0.15) is 60.3 Å². The van der Waals surface area contributed by atoms with Crippen molar-refractivity contribution >= 4 is 0 Å². The van der Waals surface area contributed by atoms with Crippen molar-refractivity contribution in [1.82, 2.24) is 4.90 Å². The van der Waals surface area contributed by atoms with Gasteiger partial charge in [0.2, 0.25) is 0 Å². The molecular weight excluding hydrogens is 246 g/mol. The van der Waals surface area contributed by atoms with E-state index in [0.717, 1.165) is 38.4 Å². The lowest BCUT2D eigenvalue weighted by Crippen LogP contribution is -2.28. The van der Waals surface area contributed by atoms with Crippen molar-refractivity contribution in [2.24, 2.45) is 5.92 Å². The van der Waals surface area contributed by atoms with Crippen LogP contribution in [0.4, 0.5) is 0 Å². The Hall–Kier alpha value is -0.600. The van der Waals surface area contributed by atoms with Gasteiger partial charge < -0.3 is 5.11 Å². The van der Waals surface area contributed by atoms with Gasteiger partial charge in [0.1, 0.15) is 0 Å². The van der Waals surface area contributed by atoms with Crippen LogP contribution in [0.3, 0.4) is 0 Å². The molecule has 1 N–H and O–H groups in total. The monoisotopic (exact) mass is 281 g/mol. The van der Waals surface area contributed by atoms with Gasteiger partial charge in [-0.3, -0.25) is 4.90 Å². The Morgan fingerprint density at radius 1 is 1.10 bits per heavy atom. The number of hydrogen-bond donors (Lipinski definition) is 1. The zero-order chi connectivity index (χ0) is 15.4. The molecule has 0 aromatic heterocycles. The number of hydrogen-bond acceptors (Lipinski definition) is 2. The summed E-state index contributed by atoms with van der Waals surface area (Å²) in [5.41, 5.74) is 2.85. The first-order chi connectivity index (χ1) is 9.45. The summed E-state index contributed by atoms with van der Waals surface area (Å²) in [6, 6.07) is 0. The van der Waals surface area contributed by atoms with Crippen molar-refractivity contribution in [3.8, 4) is 0 Å². The highest BCUT2D eigenvalue weighted by atomic mass is 16.3. The van der Waals surface area contributed by atoms with Crippen LogP contribution in [0.5, 0.6) is 0 Å². The number of aliphatic hydroxyl groups excluding tert-OH is 1. The summed E-state index contributed by atoms with van der Waals surface area (Å²) in [7, 11) is 0. The maximum Gasteiger partial charge on any atom is 0.0558 e. The second-order valence-corrected chi connectivity index (χ2v) is 6.43. The molecule has 0 bridgehead atoms. The minimum atomic E-state index is 0.256. The molecule has 0 spiro atoms. The van der Waals surface area contributed by atoms with Gasteiger partial charge in [0.05, 0.1) is 6.61 Å². The van der Waals surface area contributed by atoms with E-state index in [1.165, 1.54) is 24.0 Å². The number of aliphatic hydroxyl groups is 1. The first-order valence-electron chi connectivity index (χ1n) is 8.08. The van der Waals surface area contributed by atoms with Gasteiger partial charge in [-0.1, -0.05) is 37.1 Å². The molecule has 0 heterocycles. The van der Waals surface area contributed by atoms with E-state index in [1.54, 1.807) is 0 Å². The van der Waals surface area contributed by atoms with Gasteiger partial charge in [0, 0.05) is 13.1 Å². The predicted molar refractivity (Wildman–Crippen MR) is 90.0 cm³/mol. The second-order valence-electron chi connectivity index (χ2n) is 6.43. The van der Waals surface area contributed by atoms with Crippen LogP contribution in [-0.2, 0) is 0 Å². The van der Waals surface area contributed by atoms with Crippen LogP contribution in [-0.4, -0.2) is 36.2 Å². The van der Waals surface area contributed by atoms with Crippen LogP contribution >= 0.6 is 0 Å². The standard InChI is InChI=1S/C18H35NO/c1-16(2)8-6-10-18(5)11-13-19(14-15-20)12-7-9-17(3)4/h8,11,17,20H,6-7,9-10,12-15H2,1-5H3/b18-11+. The van der Waals surface area contributed by atoms with Crippen molar-refractivity contribution in [1.29, 1.82) is 0 Å². The molecular formula is C18H35NO. The SMILES string of the molecule is CC(C)=CCC/C(C)=C/CN(CCO)CCCC(C)C. The third-order valence-corrected chi connectivity index (χ3v) is 3.46. The molecule has 0 saturated heterocycles. The molecule has 0 amide bonds. The zero-order valence-electron chi connectivity index (χ0n) is 14.3. The number of rotatable bonds is 11. The molecule has 0 radical (unpaired) electrons. The predicted octanol–water partition coefficient (Wildman–Crippen LogP) is 4.41. The fourth-order valence-corrected chi connectivity index (χ4v) is 2.13.